The Labute approximate surface area is 222 Å². The van der Waals surface area contributed by atoms with Crippen molar-refractivity contribution < 1.29 is 17.9 Å². The number of carbonyl (C=O) groups excluding carboxylic acids is 1. The predicted octanol–water partition coefficient (Wildman–Crippen LogP) is 6.66. The summed E-state index contributed by atoms with van der Waals surface area (Å²) >= 11 is 9.69. The maximum atomic E-state index is 14.1. The number of amides is 1. The number of hydrogen-bond acceptors (Lipinski definition) is 5. The monoisotopic (exact) mass is 586 g/mol. The maximum absolute atomic E-state index is 14.1. The van der Waals surface area contributed by atoms with Crippen LogP contribution in [0.1, 0.15) is 18.1 Å². The van der Waals surface area contributed by atoms with Crippen molar-refractivity contribution in [2.75, 3.05) is 18.0 Å². The Bertz CT molecular complexity index is 1520. The zero-order valence-corrected chi connectivity index (χ0v) is 22.4. The fourth-order valence-corrected chi connectivity index (χ4v) is 6.68. The summed E-state index contributed by atoms with van der Waals surface area (Å²) in [6.45, 7) is 1.27. The molecule has 0 fully saturated rings. The van der Waals surface area contributed by atoms with Gasteiger partial charge in [-0.25, -0.2) is 12.7 Å². The first-order chi connectivity index (χ1) is 17.1. The van der Waals surface area contributed by atoms with Crippen molar-refractivity contribution in [3.8, 4) is 5.75 Å². The Kier molecular flexibility index (Phi) is 7.15. The van der Waals surface area contributed by atoms with E-state index in [1.807, 2.05) is 0 Å². The largest absolute Gasteiger partial charge is 0.497 e. The molecule has 1 unspecified atom stereocenters. The van der Waals surface area contributed by atoms with Gasteiger partial charge in [-0.3, -0.25) is 4.79 Å². The van der Waals surface area contributed by atoms with E-state index in [1.165, 1.54) is 31.4 Å². The SMILES string of the molecule is COc1ccc(S(=O)(=O)N2C(=O)C(C)(CN=[N+]=[N-])/C(=C(/Br)c3ccc(Cl)cc3)c3ccccc32)cc1. The topological polar surface area (TPSA) is 112 Å². The van der Waals surface area contributed by atoms with E-state index in [2.05, 4.69) is 26.0 Å². The average molecular weight is 588 g/mol. The number of anilines is 1. The van der Waals surface area contributed by atoms with E-state index >= 15 is 0 Å². The number of hydrogen-bond donors (Lipinski definition) is 0. The van der Waals surface area contributed by atoms with Gasteiger partial charge in [0, 0.05) is 26.5 Å². The zero-order valence-electron chi connectivity index (χ0n) is 19.2. The molecular weight excluding hydrogens is 568 g/mol. The van der Waals surface area contributed by atoms with Gasteiger partial charge in [0.25, 0.3) is 15.9 Å². The summed E-state index contributed by atoms with van der Waals surface area (Å²) in [5.41, 5.74) is 9.48. The van der Waals surface area contributed by atoms with Crippen LogP contribution >= 0.6 is 27.5 Å². The lowest BCUT2D eigenvalue weighted by molar-refractivity contribution is -0.123. The Morgan fingerprint density at radius 3 is 2.36 bits per heavy atom. The molecule has 0 bridgehead atoms. The zero-order chi connectivity index (χ0) is 26.1. The van der Waals surface area contributed by atoms with Crippen LogP contribution in [-0.4, -0.2) is 28.0 Å². The summed E-state index contributed by atoms with van der Waals surface area (Å²) in [5, 5.41) is 4.23. The number of nitrogens with zero attached hydrogens (tertiary/aromatic N) is 4. The summed E-state index contributed by atoms with van der Waals surface area (Å²) in [6, 6.07) is 19.5. The first-order valence-electron chi connectivity index (χ1n) is 10.7. The average Bonchev–Trinajstić information content (AvgIpc) is 2.88. The maximum Gasteiger partial charge on any atom is 0.270 e. The highest BCUT2D eigenvalue weighted by atomic mass is 79.9. The first-order valence-corrected chi connectivity index (χ1v) is 13.3. The van der Waals surface area contributed by atoms with E-state index in [0.717, 1.165) is 9.87 Å². The second kappa shape index (κ2) is 9.99. The molecule has 0 aliphatic carbocycles. The highest BCUT2D eigenvalue weighted by Gasteiger charge is 2.51. The van der Waals surface area contributed by atoms with E-state index < -0.39 is 21.3 Å². The van der Waals surface area contributed by atoms with Gasteiger partial charge < -0.3 is 4.74 Å². The molecule has 1 aliphatic heterocycles. The Morgan fingerprint density at radius 1 is 1.11 bits per heavy atom. The molecule has 0 spiro atoms. The van der Waals surface area contributed by atoms with Crippen molar-refractivity contribution in [1.29, 1.82) is 0 Å². The van der Waals surface area contributed by atoms with Gasteiger partial charge in [0.15, 0.2) is 0 Å². The van der Waals surface area contributed by atoms with Gasteiger partial charge >= 0.3 is 0 Å². The third-order valence-electron chi connectivity index (χ3n) is 5.97. The van der Waals surface area contributed by atoms with Gasteiger partial charge in [0.2, 0.25) is 0 Å². The number of fused-ring (bicyclic) bond motifs is 1. The third-order valence-corrected chi connectivity index (χ3v) is 8.78. The highest BCUT2D eigenvalue weighted by Crippen LogP contribution is 2.52. The van der Waals surface area contributed by atoms with Crippen LogP contribution in [0.15, 0.2) is 82.8 Å². The second-order valence-corrected chi connectivity index (χ2v) is 11.2. The fraction of sp³-hybridized carbons (Fsp3) is 0.160. The normalized spacial score (nSPS) is 18.8. The van der Waals surface area contributed by atoms with Crippen LogP contribution in [0.4, 0.5) is 5.69 Å². The van der Waals surface area contributed by atoms with E-state index in [1.54, 1.807) is 55.5 Å². The van der Waals surface area contributed by atoms with Crippen LogP contribution in [0.2, 0.25) is 5.02 Å². The molecule has 0 aromatic heterocycles. The van der Waals surface area contributed by atoms with E-state index in [4.69, 9.17) is 21.9 Å². The lowest BCUT2D eigenvalue weighted by Gasteiger charge is -2.41. The molecule has 0 saturated heterocycles. The second-order valence-electron chi connectivity index (χ2n) is 8.18. The first kappa shape index (κ1) is 25.8. The molecule has 1 atom stereocenters. The predicted molar refractivity (Wildman–Crippen MR) is 143 cm³/mol. The van der Waals surface area contributed by atoms with E-state index in [-0.39, 0.29) is 17.1 Å². The number of sulfonamides is 1. The number of methoxy groups -OCH3 is 1. The number of azide groups is 1. The van der Waals surface area contributed by atoms with Crippen LogP contribution in [-0.2, 0) is 14.8 Å². The van der Waals surface area contributed by atoms with E-state index in [0.29, 0.717) is 26.4 Å². The minimum Gasteiger partial charge on any atom is -0.497 e. The van der Waals surface area contributed by atoms with Gasteiger partial charge in [0.1, 0.15) is 5.75 Å². The highest BCUT2D eigenvalue weighted by molar-refractivity contribution is 9.15. The molecule has 0 N–H and O–H groups in total. The molecule has 1 heterocycles. The Hall–Kier alpha value is -3.30. The van der Waals surface area contributed by atoms with Gasteiger partial charge in [-0.05, 0) is 82.0 Å². The molecule has 1 amide bonds. The molecule has 36 heavy (non-hydrogen) atoms. The Morgan fingerprint density at radius 2 is 1.75 bits per heavy atom. The molecule has 8 nitrogen and oxygen atoms in total. The Balaban J connectivity index is 2.02. The molecule has 0 radical (unpaired) electrons. The van der Waals surface area contributed by atoms with Gasteiger partial charge in [-0.2, -0.15) is 0 Å². The summed E-state index contributed by atoms with van der Waals surface area (Å²) in [4.78, 5) is 16.9. The number of rotatable bonds is 6. The molecule has 3 aromatic carbocycles. The minimum atomic E-state index is -4.33. The number of carbonyl (C=O) groups is 1. The van der Waals surface area contributed by atoms with Crippen LogP contribution < -0.4 is 9.04 Å². The quantitative estimate of drug-likeness (QED) is 0.182. The smallest absolute Gasteiger partial charge is 0.270 e. The third kappa shape index (κ3) is 4.37. The molecule has 0 saturated carbocycles. The summed E-state index contributed by atoms with van der Waals surface area (Å²) in [6.07, 6.45) is 0. The number of ether oxygens (including phenoxy) is 1. The van der Waals surface area contributed by atoms with Gasteiger partial charge in [-0.1, -0.05) is 47.0 Å². The molecule has 11 heteroatoms. The van der Waals surface area contributed by atoms with Crippen molar-refractivity contribution in [2.45, 2.75) is 11.8 Å². The summed E-state index contributed by atoms with van der Waals surface area (Å²) in [5.74, 6) is -0.269. The standard InChI is InChI=1S/C25H20BrClN4O4S/c1-25(15-29-30-28)22(23(26)16-7-9-17(27)10-8-16)20-5-3-4-6-21(20)31(24(25)32)36(33,34)19-13-11-18(35-2)12-14-19/h3-14H,15H2,1-2H3/b23-22+. The lowest BCUT2D eigenvalue weighted by Crippen LogP contribution is -2.51. The van der Waals surface area contributed by atoms with Gasteiger partial charge in [-0.15, -0.1) is 0 Å². The number of para-hydroxylation sites is 1. The molecule has 1 aliphatic rings. The minimum absolute atomic E-state index is 0.0817. The van der Waals surface area contributed by atoms with Crippen LogP contribution in [0.5, 0.6) is 5.75 Å². The van der Waals surface area contributed by atoms with Crippen LogP contribution in [0, 0.1) is 5.41 Å². The molecule has 3 aromatic rings. The van der Waals surface area contributed by atoms with Crippen molar-refractivity contribution in [1.82, 2.24) is 0 Å². The van der Waals surface area contributed by atoms with E-state index in [9.17, 15) is 13.2 Å². The lowest BCUT2D eigenvalue weighted by atomic mass is 9.73. The van der Waals surface area contributed by atoms with Crippen molar-refractivity contribution >= 4 is 59.2 Å². The molecule has 184 valence electrons. The van der Waals surface area contributed by atoms with Gasteiger partial charge in [0.05, 0.1) is 23.1 Å². The number of benzene rings is 3. The van der Waals surface area contributed by atoms with Crippen LogP contribution in [0.3, 0.4) is 0 Å². The number of halogens is 2. The molecule has 4 rings (SSSR count). The fourth-order valence-electron chi connectivity index (χ4n) is 4.11. The van der Waals surface area contributed by atoms with Crippen molar-refractivity contribution in [3.63, 3.8) is 0 Å². The summed E-state index contributed by atoms with van der Waals surface area (Å²) < 4.78 is 34.1. The summed E-state index contributed by atoms with van der Waals surface area (Å²) in [7, 11) is -2.85. The van der Waals surface area contributed by atoms with Crippen LogP contribution in [0.25, 0.3) is 20.5 Å². The van der Waals surface area contributed by atoms with Crippen molar-refractivity contribution in [3.05, 3.63) is 99.4 Å². The van der Waals surface area contributed by atoms with Crippen molar-refractivity contribution in [2.24, 2.45) is 10.5 Å². The molecular formula is C25H20BrClN4O4S.